The zero-order valence-corrected chi connectivity index (χ0v) is 29.6. The molecule has 0 aliphatic heterocycles. The minimum atomic E-state index is 0. The Bertz CT molecular complexity index is 2200. The summed E-state index contributed by atoms with van der Waals surface area (Å²) < 4.78 is 16.4. The van der Waals surface area contributed by atoms with Gasteiger partial charge in [0.05, 0.1) is 18.5 Å². The first-order valence-electron chi connectivity index (χ1n) is 15.7. The van der Waals surface area contributed by atoms with Gasteiger partial charge in [0.2, 0.25) is 0 Å². The van der Waals surface area contributed by atoms with Crippen LogP contribution in [0.2, 0.25) is 0 Å². The molecule has 0 spiro atoms. The molecule has 0 aliphatic rings. The van der Waals surface area contributed by atoms with Gasteiger partial charge in [-0.1, -0.05) is 87.8 Å². The van der Waals surface area contributed by atoms with E-state index < -0.39 is 0 Å². The van der Waals surface area contributed by atoms with Crippen LogP contribution < -0.4 is 9.47 Å². The van der Waals surface area contributed by atoms with Crippen molar-refractivity contribution in [2.24, 2.45) is 0 Å². The summed E-state index contributed by atoms with van der Waals surface area (Å²) in [6, 6.07) is 37.8. The first-order valence-corrected chi connectivity index (χ1v) is 15.7. The molecular weight excluding hydrogens is 764 g/mol. The first-order chi connectivity index (χ1) is 22.3. The topological polar surface area (TPSA) is 54.1 Å². The number of para-hydroxylation sites is 1. The summed E-state index contributed by atoms with van der Waals surface area (Å²) in [5.41, 5.74) is 8.33. The van der Waals surface area contributed by atoms with Gasteiger partial charge in [0.25, 0.3) is 0 Å². The number of fused-ring (bicyclic) bond motifs is 3. The van der Waals surface area contributed by atoms with E-state index in [4.69, 9.17) is 19.6 Å². The molecule has 0 fully saturated rings. The predicted octanol–water partition coefficient (Wildman–Crippen LogP) is 9.99. The van der Waals surface area contributed by atoms with Crippen LogP contribution in [0.1, 0.15) is 56.5 Å². The number of aryl methyl sites for hydroxylation is 1. The Morgan fingerprint density at radius 1 is 0.766 bits per heavy atom. The molecule has 7 rings (SSSR count). The van der Waals surface area contributed by atoms with E-state index in [1.165, 1.54) is 5.56 Å². The fraction of sp³-hybridized carbons (Fsp3) is 0.200. The SMILES string of the molecule is COc1cc(Oc2[c-]c3c(cc2)c2ccccc2n3-c2cc(C)ccn2)[c-]c(-n2nc(C(C)C)c(-c3ccccc3)c2C(C)C)c1.[Pt+2]. The van der Waals surface area contributed by atoms with Crippen LogP contribution in [0.3, 0.4) is 0 Å². The van der Waals surface area contributed by atoms with Crippen LogP contribution in [0.5, 0.6) is 17.2 Å². The van der Waals surface area contributed by atoms with Crippen molar-refractivity contribution in [1.29, 1.82) is 0 Å². The van der Waals surface area contributed by atoms with Crippen LogP contribution in [-0.4, -0.2) is 26.4 Å². The zero-order valence-electron chi connectivity index (χ0n) is 27.3. The molecule has 7 aromatic rings. The molecule has 7 heteroatoms. The maximum atomic E-state index is 6.51. The van der Waals surface area contributed by atoms with Gasteiger partial charge in [-0.2, -0.15) is 11.2 Å². The van der Waals surface area contributed by atoms with E-state index in [0.717, 1.165) is 55.8 Å². The number of hydrogen-bond donors (Lipinski definition) is 0. The van der Waals surface area contributed by atoms with Crippen molar-refractivity contribution in [2.75, 3.05) is 7.11 Å². The van der Waals surface area contributed by atoms with Crippen molar-refractivity contribution in [2.45, 2.75) is 46.5 Å². The van der Waals surface area contributed by atoms with Crippen molar-refractivity contribution in [3.05, 3.63) is 126 Å². The summed E-state index contributed by atoms with van der Waals surface area (Å²) >= 11 is 0. The van der Waals surface area contributed by atoms with Gasteiger partial charge < -0.3 is 14.0 Å². The fourth-order valence-corrected chi connectivity index (χ4v) is 6.19. The van der Waals surface area contributed by atoms with Crippen LogP contribution in [0.4, 0.5) is 0 Å². The van der Waals surface area contributed by atoms with Crippen LogP contribution in [0.25, 0.3) is 44.4 Å². The standard InChI is InChI=1S/C40H36N4O2.Pt/c1-25(2)39-38(28-12-8-7-9-13-28)40(26(3)4)44(42-39)29-21-31(45-6)23-32(22-29)46-30-16-17-34-33-14-10-11-15-35(33)43(36(34)24-30)37-20-27(5)18-19-41-37;/h7-21,23,25-26H,1-6H3;/q-2;+2. The average Bonchev–Trinajstić information content (AvgIpc) is 3.62. The summed E-state index contributed by atoms with van der Waals surface area (Å²) in [6.07, 6.45) is 1.84. The summed E-state index contributed by atoms with van der Waals surface area (Å²) in [7, 11) is 1.66. The van der Waals surface area contributed by atoms with E-state index in [9.17, 15) is 0 Å². The summed E-state index contributed by atoms with van der Waals surface area (Å²) in [4.78, 5) is 4.70. The van der Waals surface area contributed by atoms with Crippen LogP contribution >= 0.6 is 0 Å². The van der Waals surface area contributed by atoms with Crippen LogP contribution in [0, 0.1) is 19.1 Å². The zero-order chi connectivity index (χ0) is 31.9. The molecule has 3 aromatic heterocycles. The maximum absolute atomic E-state index is 6.51. The molecule has 0 unspecified atom stereocenters. The van der Waals surface area contributed by atoms with Gasteiger partial charge in [-0.3, -0.25) is 4.68 Å². The quantitative estimate of drug-likeness (QED) is 0.144. The molecule has 47 heavy (non-hydrogen) atoms. The number of pyridine rings is 1. The predicted molar refractivity (Wildman–Crippen MR) is 185 cm³/mol. The number of benzene rings is 4. The molecule has 0 bridgehead atoms. The minimum Gasteiger partial charge on any atom is -0.522 e. The number of methoxy groups -OCH3 is 1. The third-order valence-corrected chi connectivity index (χ3v) is 8.28. The molecule has 0 N–H and O–H groups in total. The normalized spacial score (nSPS) is 11.4. The Labute approximate surface area is 290 Å². The number of nitrogens with zero attached hydrogens (tertiary/aromatic N) is 4. The minimum absolute atomic E-state index is 0. The second kappa shape index (κ2) is 13.2. The number of rotatable bonds is 8. The van der Waals surface area contributed by atoms with E-state index >= 15 is 0 Å². The molecule has 0 saturated carbocycles. The van der Waals surface area contributed by atoms with E-state index in [0.29, 0.717) is 17.2 Å². The van der Waals surface area contributed by atoms with E-state index in [1.807, 2.05) is 47.3 Å². The van der Waals surface area contributed by atoms with Gasteiger partial charge in [0, 0.05) is 34.5 Å². The average molecular weight is 800 g/mol. The molecule has 238 valence electrons. The molecule has 0 saturated heterocycles. The molecule has 4 aromatic carbocycles. The number of hydrogen-bond acceptors (Lipinski definition) is 4. The first kappa shape index (κ1) is 32.3. The molecule has 0 amide bonds. The summed E-state index contributed by atoms with van der Waals surface area (Å²) in [5, 5.41) is 7.39. The van der Waals surface area contributed by atoms with Gasteiger partial charge in [0.1, 0.15) is 5.82 Å². The summed E-state index contributed by atoms with van der Waals surface area (Å²) in [6.45, 7) is 10.8. The van der Waals surface area contributed by atoms with Gasteiger partial charge in [-0.25, -0.2) is 4.98 Å². The second-order valence-corrected chi connectivity index (χ2v) is 12.2. The van der Waals surface area contributed by atoms with Crippen LogP contribution in [0.15, 0.2) is 97.2 Å². The van der Waals surface area contributed by atoms with E-state index in [-0.39, 0.29) is 32.9 Å². The van der Waals surface area contributed by atoms with Crippen molar-refractivity contribution < 1.29 is 30.5 Å². The number of aromatic nitrogens is 4. The number of ether oxygens (including phenoxy) is 2. The Balaban J connectivity index is 0.00000386. The van der Waals surface area contributed by atoms with E-state index in [2.05, 4.69) is 106 Å². The summed E-state index contributed by atoms with van der Waals surface area (Å²) in [5.74, 6) is 3.00. The molecular formula is C40H36N4O2Pt. The Hall–Kier alpha value is -4.67. The fourth-order valence-electron chi connectivity index (χ4n) is 6.19. The molecule has 3 heterocycles. The Morgan fingerprint density at radius 2 is 1.53 bits per heavy atom. The molecule has 0 radical (unpaired) electrons. The van der Waals surface area contributed by atoms with Crippen molar-refractivity contribution in [3.8, 4) is 39.9 Å². The van der Waals surface area contributed by atoms with Gasteiger partial charge in [0.15, 0.2) is 0 Å². The van der Waals surface area contributed by atoms with Gasteiger partial charge >= 0.3 is 21.1 Å². The monoisotopic (exact) mass is 799 g/mol. The molecule has 6 nitrogen and oxygen atoms in total. The molecule has 0 atom stereocenters. The van der Waals surface area contributed by atoms with Gasteiger partial charge in [-0.15, -0.1) is 29.7 Å². The van der Waals surface area contributed by atoms with Crippen molar-refractivity contribution >= 4 is 21.8 Å². The third kappa shape index (κ3) is 5.99. The Kier molecular flexibility index (Phi) is 9.07. The third-order valence-electron chi connectivity index (χ3n) is 8.28. The van der Waals surface area contributed by atoms with Crippen molar-refractivity contribution in [3.63, 3.8) is 0 Å². The van der Waals surface area contributed by atoms with Crippen molar-refractivity contribution in [1.82, 2.24) is 19.3 Å². The second-order valence-electron chi connectivity index (χ2n) is 12.2. The maximum Gasteiger partial charge on any atom is 2.00 e. The smallest absolute Gasteiger partial charge is 0.522 e. The van der Waals surface area contributed by atoms with E-state index in [1.54, 1.807) is 7.11 Å². The van der Waals surface area contributed by atoms with Crippen LogP contribution in [-0.2, 0) is 21.1 Å². The molecule has 0 aliphatic carbocycles. The Morgan fingerprint density at radius 3 is 2.26 bits per heavy atom. The van der Waals surface area contributed by atoms with Gasteiger partial charge in [-0.05, 0) is 59.2 Å². The largest absolute Gasteiger partial charge is 2.00 e.